The molecule has 15 heavy (non-hydrogen) atoms. The lowest BCUT2D eigenvalue weighted by molar-refractivity contribution is -0.123. The van der Waals surface area contributed by atoms with Gasteiger partial charge in [0.15, 0.2) is 0 Å². The minimum Gasteiger partial charge on any atom is -0.317 e. The summed E-state index contributed by atoms with van der Waals surface area (Å²) in [5.74, 6) is 0.576. The number of rotatable bonds is 3. The first-order valence-corrected chi connectivity index (χ1v) is 5.28. The Kier molecular flexibility index (Phi) is 2.48. The lowest BCUT2D eigenvalue weighted by Crippen LogP contribution is -2.56. The van der Waals surface area contributed by atoms with Crippen molar-refractivity contribution in [1.82, 2.24) is 10.2 Å². The highest BCUT2D eigenvalue weighted by atomic mass is 16.2. The molecule has 0 bridgehead atoms. The van der Waals surface area contributed by atoms with Gasteiger partial charge < -0.3 is 11.1 Å². The van der Waals surface area contributed by atoms with Crippen LogP contribution in [0.15, 0.2) is 6.20 Å². The summed E-state index contributed by atoms with van der Waals surface area (Å²) in [6, 6.07) is 0. The van der Waals surface area contributed by atoms with Gasteiger partial charge >= 0.3 is 0 Å². The molecular weight excluding hydrogens is 192 g/mol. The molecule has 4 N–H and O–H groups in total. The maximum atomic E-state index is 11.8. The molecule has 0 aromatic carbocycles. The zero-order chi connectivity index (χ0) is 10.9. The fourth-order valence-electron chi connectivity index (χ4n) is 1.71. The monoisotopic (exact) mass is 208 g/mol. The summed E-state index contributed by atoms with van der Waals surface area (Å²) in [7, 11) is 0. The van der Waals surface area contributed by atoms with Crippen LogP contribution in [-0.2, 0) is 11.2 Å². The summed E-state index contributed by atoms with van der Waals surface area (Å²) < 4.78 is 0. The van der Waals surface area contributed by atoms with Gasteiger partial charge in [0, 0.05) is 5.56 Å². The van der Waals surface area contributed by atoms with Crippen LogP contribution in [0.25, 0.3) is 0 Å². The molecule has 0 atom stereocenters. The number of hydrogen-bond donors (Lipinski definition) is 3. The van der Waals surface area contributed by atoms with E-state index in [2.05, 4.69) is 15.5 Å². The smallest absolute Gasteiger partial charge is 0.245 e. The highest BCUT2D eigenvalue weighted by Crippen LogP contribution is 2.30. The number of hydrogen-bond acceptors (Lipinski definition) is 3. The van der Waals surface area contributed by atoms with Crippen molar-refractivity contribution in [2.24, 2.45) is 5.73 Å². The zero-order valence-electron chi connectivity index (χ0n) is 8.84. The van der Waals surface area contributed by atoms with E-state index >= 15 is 0 Å². The molecule has 1 aliphatic carbocycles. The van der Waals surface area contributed by atoms with Crippen LogP contribution in [0.4, 0.5) is 5.82 Å². The van der Waals surface area contributed by atoms with Crippen molar-refractivity contribution in [3.8, 4) is 0 Å². The molecule has 5 nitrogen and oxygen atoms in total. The summed E-state index contributed by atoms with van der Waals surface area (Å²) in [5.41, 5.74) is 6.26. The number of H-pyrrole nitrogens is 1. The Morgan fingerprint density at radius 2 is 2.47 bits per heavy atom. The van der Waals surface area contributed by atoms with Crippen molar-refractivity contribution < 1.29 is 4.79 Å². The van der Waals surface area contributed by atoms with Gasteiger partial charge in [-0.1, -0.05) is 6.92 Å². The van der Waals surface area contributed by atoms with Gasteiger partial charge in [-0.15, -0.1) is 0 Å². The summed E-state index contributed by atoms with van der Waals surface area (Å²) in [6.45, 7) is 2.02. The lowest BCUT2D eigenvalue weighted by atomic mass is 9.77. The summed E-state index contributed by atoms with van der Waals surface area (Å²) in [4.78, 5) is 11.8. The number of carbonyl (C=O) groups is 1. The second-order valence-electron chi connectivity index (χ2n) is 4.09. The molecule has 1 aromatic heterocycles. The molecule has 1 saturated carbocycles. The quantitative estimate of drug-likeness (QED) is 0.686. The molecule has 82 valence electrons. The van der Waals surface area contributed by atoms with Gasteiger partial charge in [-0.25, -0.2) is 0 Å². The Morgan fingerprint density at radius 1 is 1.73 bits per heavy atom. The van der Waals surface area contributed by atoms with Crippen LogP contribution in [0.1, 0.15) is 31.7 Å². The number of aromatic nitrogens is 2. The van der Waals surface area contributed by atoms with E-state index in [4.69, 9.17) is 5.73 Å². The van der Waals surface area contributed by atoms with Crippen LogP contribution in [0.3, 0.4) is 0 Å². The van der Waals surface area contributed by atoms with E-state index in [9.17, 15) is 4.79 Å². The number of nitrogens with zero attached hydrogens (tertiary/aromatic N) is 1. The number of nitrogens with one attached hydrogen (secondary N) is 2. The molecule has 0 spiro atoms. The largest absolute Gasteiger partial charge is 0.317 e. The van der Waals surface area contributed by atoms with E-state index in [-0.39, 0.29) is 5.91 Å². The number of amides is 1. The Morgan fingerprint density at radius 3 is 3.00 bits per heavy atom. The van der Waals surface area contributed by atoms with Gasteiger partial charge in [0.25, 0.3) is 0 Å². The van der Waals surface area contributed by atoms with Crippen LogP contribution in [0.5, 0.6) is 0 Å². The lowest BCUT2D eigenvalue weighted by Gasteiger charge is -2.35. The van der Waals surface area contributed by atoms with Gasteiger partial charge in [-0.2, -0.15) is 5.10 Å². The Labute approximate surface area is 88.4 Å². The summed E-state index contributed by atoms with van der Waals surface area (Å²) >= 11 is 0. The van der Waals surface area contributed by atoms with Crippen molar-refractivity contribution in [3.05, 3.63) is 11.8 Å². The minimum atomic E-state index is -0.657. The third-order valence-electron chi connectivity index (χ3n) is 3.04. The molecule has 1 aromatic rings. The minimum absolute atomic E-state index is 0.104. The SMILES string of the molecule is CCc1cn[nH]c1NC(=O)C1(N)CCC1. The number of carbonyl (C=O) groups excluding carboxylic acids is 1. The predicted octanol–water partition coefficient (Wildman–Crippen LogP) is 0.792. The number of aromatic amines is 1. The maximum Gasteiger partial charge on any atom is 0.245 e. The number of anilines is 1. The molecule has 1 fully saturated rings. The molecular formula is C10H16N4O. The first kappa shape index (κ1) is 10.2. The van der Waals surface area contributed by atoms with E-state index < -0.39 is 5.54 Å². The third-order valence-corrected chi connectivity index (χ3v) is 3.04. The molecule has 0 saturated heterocycles. The average Bonchev–Trinajstić information content (AvgIpc) is 2.61. The van der Waals surface area contributed by atoms with Gasteiger partial charge in [-0.05, 0) is 25.7 Å². The van der Waals surface area contributed by atoms with Crippen LogP contribution >= 0.6 is 0 Å². The topological polar surface area (TPSA) is 83.8 Å². The molecule has 0 aliphatic heterocycles. The predicted molar refractivity (Wildman–Crippen MR) is 57.4 cm³/mol. The van der Waals surface area contributed by atoms with Gasteiger partial charge in [-0.3, -0.25) is 9.89 Å². The van der Waals surface area contributed by atoms with E-state index in [1.807, 2.05) is 6.92 Å². The highest BCUT2D eigenvalue weighted by Gasteiger charge is 2.40. The van der Waals surface area contributed by atoms with Gasteiger partial charge in [0.2, 0.25) is 5.91 Å². The van der Waals surface area contributed by atoms with E-state index in [1.54, 1.807) is 6.20 Å². The van der Waals surface area contributed by atoms with Crippen molar-refractivity contribution >= 4 is 11.7 Å². The van der Waals surface area contributed by atoms with Gasteiger partial charge in [0.05, 0.1) is 11.7 Å². The van der Waals surface area contributed by atoms with Crippen LogP contribution in [-0.4, -0.2) is 21.6 Å². The molecule has 0 radical (unpaired) electrons. The second-order valence-corrected chi connectivity index (χ2v) is 4.09. The Hall–Kier alpha value is -1.36. The van der Waals surface area contributed by atoms with Crippen LogP contribution < -0.4 is 11.1 Å². The number of nitrogens with two attached hydrogens (primary N) is 1. The van der Waals surface area contributed by atoms with E-state index in [0.29, 0.717) is 5.82 Å². The van der Waals surface area contributed by atoms with Crippen molar-refractivity contribution in [3.63, 3.8) is 0 Å². The summed E-state index contributed by atoms with van der Waals surface area (Å²) in [6.07, 6.45) is 5.14. The summed E-state index contributed by atoms with van der Waals surface area (Å²) in [5, 5.41) is 9.46. The van der Waals surface area contributed by atoms with E-state index in [1.165, 1.54) is 0 Å². The van der Waals surface area contributed by atoms with Crippen LogP contribution in [0.2, 0.25) is 0 Å². The fourth-order valence-corrected chi connectivity index (χ4v) is 1.71. The standard InChI is InChI=1S/C10H16N4O/c1-2-7-6-12-14-8(7)13-9(15)10(11)4-3-5-10/h6H,2-5,11H2,1H3,(H2,12,13,14,15). The second kappa shape index (κ2) is 3.66. The number of aryl methyl sites for hydroxylation is 1. The first-order chi connectivity index (χ1) is 7.15. The maximum absolute atomic E-state index is 11.8. The first-order valence-electron chi connectivity index (χ1n) is 5.28. The van der Waals surface area contributed by atoms with Gasteiger partial charge in [0.1, 0.15) is 5.82 Å². The Balaban J connectivity index is 2.05. The average molecular weight is 208 g/mol. The van der Waals surface area contributed by atoms with Crippen molar-refractivity contribution in [1.29, 1.82) is 0 Å². The molecule has 0 unspecified atom stereocenters. The van der Waals surface area contributed by atoms with Crippen molar-refractivity contribution in [2.45, 2.75) is 38.1 Å². The third kappa shape index (κ3) is 1.74. The van der Waals surface area contributed by atoms with Crippen molar-refractivity contribution in [2.75, 3.05) is 5.32 Å². The normalized spacial score (nSPS) is 18.3. The Bertz CT molecular complexity index is 367. The highest BCUT2D eigenvalue weighted by molar-refractivity contribution is 5.98. The molecule has 5 heteroatoms. The van der Waals surface area contributed by atoms with E-state index in [0.717, 1.165) is 31.2 Å². The molecule has 1 heterocycles. The zero-order valence-corrected chi connectivity index (χ0v) is 8.84. The molecule has 2 rings (SSSR count). The fraction of sp³-hybridized carbons (Fsp3) is 0.600. The molecule has 1 aliphatic rings. The molecule has 1 amide bonds. The van der Waals surface area contributed by atoms with Crippen LogP contribution in [0, 0.1) is 0 Å².